The minimum atomic E-state index is -4.62. The minimum absolute atomic E-state index is 0.0371. The van der Waals surface area contributed by atoms with Crippen LogP contribution in [-0.4, -0.2) is 113 Å². The highest BCUT2D eigenvalue weighted by molar-refractivity contribution is 7.89. The largest absolute Gasteiger partial charge is 0.480 e. The van der Waals surface area contributed by atoms with E-state index < -0.39 is 78.8 Å². The van der Waals surface area contributed by atoms with Crippen molar-refractivity contribution in [2.45, 2.75) is 76.3 Å². The van der Waals surface area contributed by atoms with E-state index in [4.69, 9.17) is 80.8 Å². The molecule has 1 aliphatic heterocycles. The Balaban J connectivity index is 0.000000357. The van der Waals surface area contributed by atoms with Crippen molar-refractivity contribution >= 4 is 98.9 Å². The molecule has 0 bridgehead atoms. The summed E-state index contributed by atoms with van der Waals surface area (Å²) < 4.78 is 94.3. The van der Waals surface area contributed by atoms with Gasteiger partial charge in [-0.15, -0.1) is 11.6 Å². The predicted octanol–water partition coefficient (Wildman–Crippen LogP) is 9.28. The van der Waals surface area contributed by atoms with E-state index in [2.05, 4.69) is 6.92 Å². The van der Waals surface area contributed by atoms with E-state index in [-0.39, 0.29) is 54.6 Å². The Morgan fingerprint density at radius 1 is 1.09 bits per heavy atom. The minimum Gasteiger partial charge on any atom is -0.480 e. The number of amides is 3. The Morgan fingerprint density at radius 2 is 1.74 bits per heavy atom. The van der Waals surface area contributed by atoms with Crippen LogP contribution in [0.1, 0.15) is 73.0 Å². The summed E-state index contributed by atoms with van der Waals surface area (Å²) in [5.41, 5.74) is 5.13. The molecule has 0 saturated carbocycles. The standard InChI is InChI=1S/C15H10ClF3N2O6S.C14H20ClNO2.C11H13Cl2NO3.C5H12NO4P/c1-28(25,26)20-14(22)10-7-9(3-4-12(10)21(23)24)27-13-5-2-8(6-11(13)16)15(17,18)19;1-4-12-8-6-7-11(3)14(12)16(10-18-5-2)13(17)9-15;1-11(2)14(10(15)9(12)13)6-8(17-11)7-4-3-5-16-7;1-11(9,10)3-2-4(6)5(7)8/h2-7H,1H3,(H,20,22);6-8H,4-5,9-10H2,1-3H3;3-5,8-9H,6H2,1-2H3;4H,2-3,6H2,1H3,(H,7,8)(H,9,10). The maximum Gasteiger partial charge on any atom is 0.416 e. The van der Waals surface area contributed by atoms with Crippen molar-refractivity contribution in [2.24, 2.45) is 5.73 Å². The summed E-state index contributed by atoms with van der Waals surface area (Å²) in [6.45, 7) is 11.9. The van der Waals surface area contributed by atoms with Gasteiger partial charge in [0.05, 0.1) is 40.3 Å². The number of nitro benzene ring substituents is 1. The van der Waals surface area contributed by atoms with Crippen molar-refractivity contribution < 1.29 is 78.9 Å². The number of benzene rings is 3. The molecule has 1 aliphatic rings. The molecule has 4 aromatic rings. The molecule has 0 radical (unpaired) electrons. The van der Waals surface area contributed by atoms with Crippen LogP contribution in [0.25, 0.3) is 0 Å². The van der Waals surface area contributed by atoms with Gasteiger partial charge in [0.2, 0.25) is 15.9 Å². The Morgan fingerprint density at radius 3 is 2.23 bits per heavy atom. The van der Waals surface area contributed by atoms with Crippen molar-refractivity contribution in [3.05, 3.63) is 116 Å². The van der Waals surface area contributed by atoms with E-state index in [1.807, 2.05) is 38.1 Å². The van der Waals surface area contributed by atoms with E-state index in [0.29, 0.717) is 37.3 Å². The summed E-state index contributed by atoms with van der Waals surface area (Å²) >= 11 is 22.6. The molecule has 3 aromatic carbocycles. The first-order chi connectivity index (χ1) is 34.2. The van der Waals surface area contributed by atoms with E-state index >= 15 is 0 Å². The number of carbonyl (C=O) groups excluding carboxylic acids is 3. The van der Waals surface area contributed by atoms with Crippen LogP contribution in [0, 0.1) is 17.0 Å². The Labute approximate surface area is 444 Å². The third-order valence-electron chi connectivity index (χ3n) is 9.90. The number of carboxylic acid groups (broad SMARTS) is 1. The molecule has 3 atom stereocenters. The Hall–Kier alpha value is -5.01. The van der Waals surface area contributed by atoms with Crippen LogP contribution in [0.5, 0.6) is 11.5 Å². The summed E-state index contributed by atoms with van der Waals surface area (Å²) in [5.74, 6) is -2.65. The zero-order valence-corrected chi connectivity index (χ0v) is 45.5. The van der Waals surface area contributed by atoms with Gasteiger partial charge in [0.25, 0.3) is 17.5 Å². The number of nitro groups is 1. The fourth-order valence-electron chi connectivity index (χ4n) is 6.37. The third-order valence-corrected chi connectivity index (χ3v) is 12.4. The number of anilines is 1. The number of carboxylic acids is 1. The number of sulfonamides is 1. The monoisotopic (exact) mass is 1170 g/mol. The fraction of sp³-hybridized carbons (Fsp3) is 0.422. The van der Waals surface area contributed by atoms with Crippen LogP contribution in [0.2, 0.25) is 5.02 Å². The molecule has 3 unspecified atom stereocenters. The van der Waals surface area contributed by atoms with Gasteiger partial charge in [-0.25, -0.2) is 13.1 Å². The van der Waals surface area contributed by atoms with Gasteiger partial charge in [0, 0.05) is 31.6 Å². The molecule has 410 valence electrons. The molecule has 1 aromatic heterocycles. The Kier molecular flexibility index (Phi) is 25.3. The molecule has 0 aliphatic carbocycles. The second-order valence-corrected chi connectivity index (χ2v) is 22.3. The number of nitrogens with one attached hydrogen (secondary N) is 1. The van der Waals surface area contributed by atoms with Crippen LogP contribution in [0.15, 0.2) is 77.4 Å². The first-order valence-corrected chi connectivity index (χ1v) is 27.6. The highest BCUT2D eigenvalue weighted by atomic mass is 35.5. The van der Waals surface area contributed by atoms with Crippen molar-refractivity contribution in [1.82, 2.24) is 9.62 Å². The summed E-state index contributed by atoms with van der Waals surface area (Å²) in [6.07, 6.45) is -1.78. The average Bonchev–Trinajstić information content (AvgIpc) is 3.96. The maximum atomic E-state index is 12.7. The summed E-state index contributed by atoms with van der Waals surface area (Å²) in [4.78, 5) is 66.9. The van der Waals surface area contributed by atoms with Gasteiger partial charge in [0.15, 0.2) is 12.2 Å². The van der Waals surface area contributed by atoms with Crippen LogP contribution >= 0.6 is 53.8 Å². The SMILES string of the molecule is CC1(C)OC(c2ccco2)CN1C(=O)C(Cl)Cl.CCOCN(C(=O)CCl)c1c(C)cccc1CC.CP(=O)(O)CCC(N)C(=O)O.CS(=O)(=O)NC(=O)c1cc(Oc2ccc(C(F)(F)F)cc2Cl)ccc1[N+](=O)[O-]. The molecular weight excluding hydrogens is 1110 g/mol. The first kappa shape index (κ1) is 65.1. The van der Waals surface area contributed by atoms with Crippen LogP contribution in [0.3, 0.4) is 0 Å². The van der Waals surface area contributed by atoms with Crippen LogP contribution in [-0.2, 0) is 51.0 Å². The lowest BCUT2D eigenvalue weighted by Crippen LogP contribution is -2.45. The smallest absolute Gasteiger partial charge is 0.416 e. The van der Waals surface area contributed by atoms with Crippen LogP contribution in [0.4, 0.5) is 24.5 Å². The quantitative estimate of drug-likeness (QED) is 0.0252. The highest BCUT2D eigenvalue weighted by Gasteiger charge is 2.45. The number of aryl methyl sites for hydroxylation is 2. The second-order valence-electron chi connectivity index (χ2n) is 16.2. The fourth-order valence-corrected chi connectivity index (χ4v) is 8.17. The lowest BCUT2D eigenvalue weighted by atomic mass is 10.0. The van der Waals surface area contributed by atoms with Gasteiger partial charge in [-0.1, -0.05) is 59.9 Å². The topological polar surface area (TPSA) is 288 Å². The molecule has 1 fully saturated rings. The van der Waals surface area contributed by atoms with E-state index in [1.165, 1.54) is 11.6 Å². The number of alkyl halides is 6. The number of para-hydroxylation sites is 1. The molecular formula is C45H55Cl4F3N5O15PS. The van der Waals surface area contributed by atoms with E-state index in [1.54, 1.807) is 35.8 Å². The molecule has 74 heavy (non-hydrogen) atoms. The van der Waals surface area contributed by atoms with Gasteiger partial charge in [0.1, 0.15) is 53.3 Å². The molecule has 3 amide bonds. The number of hydrogen-bond donors (Lipinski definition) is 4. The van der Waals surface area contributed by atoms with Gasteiger partial charge in [-0.3, -0.25) is 38.8 Å². The lowest BCUT2D eigenvalue weighted by Gasteiger charge is -2.29. The summed E-state index contributed by atoms with van der Waals surface area (Å²) in [5, 5.41) is 18.9. The third kappa shape index (κ3) is 21.0. The normalized spacial score (nSPS) is 15.1. The van der Waals surface area contributed by atoms with E-state index in [0.717, 1.165) is 47.5 Å². The number of carbonyl (C=O) groups is 4. The zero-order chi connectivity index (χ0) is 56.5. The highest BCUT2D eigenvalue weighted by Crippen LogP contribution is 2.39. The number of nitrogens with two attached hydrogens (primary N) is 1. The van der Waals surface area contributed by atoms with Crippen molar-refractivity contribution in [3.8, 4) is 11.5 Å². The van der Waals surface area contributed by atoms with Gasteiger partial charge in [-0.05, 0) is 88.1 Å². The lowest BCUT2D eigenvalue weighted by molar-refractivity contribution is -0.385. The molecule has 5 rings (SSSR count). The van der Waals surface area contributed by atoms with Gasteiger partial charge >= 0.3 is 12.1 Å². The number of rotatable bonds is 17. The Bertz CT molecular complexity index is 2730. The second kappa shape index (κ2) is 28.8. The number of furan rings is 1. The van der Waals surface area contributed by atoms with Crippen molar-refractivity contribution in [1.29, 1.82) is 0 Å². The summed E-state index contributed by atoms with van der Waals surface area (Å²) in [6, 6.07) is 13.7. The van der Waals surface area contributed by atoms with Gasteiger partial charge < -0.3 is 39.3 Å². The number of halogens is 7. The summed E-state index contributed by atoms with van der Waals surface area (Å²) in [7, 11) is -7.10. The number of aliphatic carboxylic acids is 1. The number of nitrogens with zero attached hydrogens (tertiary/aromatic N) is 3. The molecule has 2 heterocycles. The molecule has 5 N–H and O–H groups in total. The number of ether oxygens (including phenoxy) is 3. The predicted molar refractivity (Wildman–Crippen MR) is 272 cm³/mol. The number of hydrogen-bond acceptors (Lipinski definition) is 14. The van der Waals surface area contributed by atoms with Crippen molar-refractivity contribution in [3.63, 3.8) is 0 Å². The average molecular weight is 1170 g/mol. The first-order valence-electron chi connectivity index (χ1n) is 21.6. The molecule has 1 saturated heterocycles. The van der Waals surface area contributed by atoms with E-state index in [9.17, 15) is 55.4 Å². The molecule has 20 nitrogen and oxygen atoms in total. The maximum absolute atomic E-state index is 12.7. The zero-order valence-electron chi connectivity index (χ0n) is 40.7. The molecule has 0 spiro atoms. The van der Waals surface area contributed by atoms with Crippen LogP contribution < -0.4 is 20.1 Å². The molecule has 29 heteroatoms. The van der Waals surface area contributed by atoms with Gasteiger partial charge in [-0.2, -0.15) is 13.2 Å². The van der Waals surface area contributed by atoms with Crippen molar-refractivity contribution in [2.75, 3.05) is 49.7 Å².